The third-order valence-corrected chi connectivity index (χ3v) is 8.14. The van der Waals surface area contributed by atoms with Gasteiger partial charge in [-0.05, 0) is 41.7 Å². The first kappa shape index (κ1) is 34.7. The van der Waals surface area contributed by atoms with E-state index in [0.717, 1.165) is 11.1 Å². The number of nitrogens with zero attached hydrogens (tertiary/aromatic N) is 1. The van der Waals surface area contributed by atoms with E-state index >= 15 is 0 Å². The Morgan fingerprint density at radius 1 is 1.00 bits per heavy atom. The summed E-state index contributed by atoms with van der Waals surface area (Å²) < 4.78 is 65.1. The van der Waals surface area contributed by atoms with E-state index < -0.39 is 89.8 Å². The lowest BCUT2D eigenvalue weighted by molar-refractivity contribution is -0.140. The number of carboxylic acids is 1. The topological polar surface area (TPSA) is 163 Å². The zero-order chi connectivity index (χ0) is 35.4. The average molecular weight is 687 g/mol. The molecule has 0 aliphatic carbocycles. The van der Waals surface area contributed by atoms with Gasteiger partial charge < -0.3 is 30.5 Å². The molecule has 0 aromatic heterocycles. The molecule has 5 rings (SSSR count). The standard InChI is InChI=1S/C33H30F4N4O8/c1-48-19-8-5-16(6-9-19)14-38-33(47)40-22-10-7-17-3-2-4-18-11-24(41(29(17)18)32(22)46)31(45)39-23(13-26(43)44)25(42)15-49-30-27(36)20(34)12-21(35)28(30)37/h2-6,8-9,12,22-24H,7,10-11,13-15H2,1H3,(H,39,45)(H,43,44)(H2,38,40,47). The van der Waals surface area contributed by atoms with Crippen LogP contribution in [0.1, 0.15) is 29.5 Å². The highest BCUT2D eigenvalue weighted by atomic mass is 19.2. The van der Waals surface area contributed by atoms with Gasteiger partial charge in [-0.15, -0.1) is 0 Å². The summed E-state index contributed by atoms with van der Waals surface area (Å²) in [7, 11) is 1.52. The number of carboxylic acid groups (broad SMARTS) is 1. The van der Waals surface area contributed by atoms with E-state index in [4.69, 9.17) is 4.74 Å². The second kappa shape index (κ2) is 14.6. The summed E-state index contributed by atoms with van der Waals surface area (Å²) in [6.07, 6.45) is -0.440. The molecule has 4 N–H and O–H groups in total. The average Bonchev–Trinajstić information content (AvgIpc) is 3.42. The van der Waals surface area contributed by atoms with E-state index in [1.54, 1.807) is 42.5 Å². The summed E-state index contributed by atoms with van der Waals surface area (Å²) in [4.78, 5) is 66.1. The van der Waals surface area contributed by atoms with E-state index in [2.05, 4.69) is 20.7 Å². The molecule has 3 unspecified atom stereocenters. The zero-order valence-electron chi connectivity index (χ0n) is 25.9. The Morgan fingerprint density at radius 2 is 1.67 bits per heavy atom. The van der Waals surface area contributed by atoms with Gasteiger partial charge in [0.05, 0.1) is 19.2 Å². The Bertz CT molecular complexity index is 1780. The van der Waals surface area contributed by atoms with Crippen LogP contribution >= 0.6 is 0 Å². The molecular weight excluding hydrogens is 656 g/mol. The van der Waals surface area contributed by atoms with Gasteiger partial charge in [0, 0.05) is 19.0 Å². The van der Waals surface area contributed by atoms with Crippen molar-refractivity contribution in [3.63, 3.8) is 0 Å². The molecule has 258 valence electrons. The molecule has 0 fully saturated rings. The molecule has 3 aromatic rings. The van der Waals surface area contributed by atoms with Gasteiger partial charge in [-0.1, -0.05) is 30.3 Å². The lowest BCUT2D eigenvalue weighted by atomic mass is 10.0. The first-order valence-corrected chi connectivity index (χ1v) is 15.0. The number of benzene rings is 3. The number of ether oxygens (including phenoxy) is 2. The van der Waals surface area contributed by atoms with Gasteiger partial charge in [-0.2, -0.15) is 8.78 Å². The highest BCUT2D eigenvalue weighted by Crippen LogP contribution is 2.39. The van der Waals surface area contributed by atoms with Gasteiger partial charge >= 0.3 is 12.0 Å². The van der Waals surface area contributed by atoms with Crippen molar-refractivity contribution in [3.8, 4) is 11.5 Å². The molecule has 2 heterocycles. The number of hydrogen-bond acceptors (Lipinski definition) is 7. The smallest absolute Gasteiger partial charge is 0.315 e. The number of nitrogens with one attached hydrogen (secondary N) is 3. The predicted molar refractivity (Wildman–Crippen MR) is 163 cm³/mol. The fourth-order valence-corrected chi connectivity index (χ4v) is 5.72. The number of anilines is 1. The third kappa shape index (κ3) is 7.58. The highest BCUT2D eigenvalue weighted by Gasteiger charge is 2.45. The Kier molecular flexibility index (Phi) is 10.3. The number of urea groups is 1. The van der Waals surface area contributed by atoms with Crippen LogP contribution in [0.5, 0.6) is 11.5 Å². The van der Waals surface area contributed by atoms with Crippen molar-refractivity contribution < 1.29 is 56.1 Å². The summed E-state index contributed by atoms with van der Waals surface area (Å²) in [5, 5.41) is 17.0. The number of amides is 4. The molecule has 0 saturated heterocycles. The Labute approximate surface area is 276 Å². The van der Waals surface area contributed by atoms with Crippen molar-refractivity contribution in [3.05, 3.63) is 88.5 Å². The van der Waals surface area contributed by atoms with Gasteiger partial charge in [0.2, 0.25) is 23.4 Å². The summed E-state index contributed by atoms with van der Waals surface area (Å²) in [6.45, 7) is -1.11. The maximum atomic E-state index is 14.0. The lowest BCUT2D eigenvalue weighted by Gasteiger charge is -2.29. The summed E-state index contributed by atoms with van der Waals surface area (Å²) in [6, 6.07) is 7.33. The number of para-hydroxylation sites is 1. The molecule has 4 amide bonds. The SMILES string of the molecule is COc1ccc(CNC(=O)NC2CCc3cccc4c3N(C2=O)C(C(=O)NC(CC(=O)O)C(=O)COc2c(F)c(F)cc(F)c2F)C4)cc1. The number of aliphatic carboxylic acids is 1. The molecule has 2 aliphatic rings. The number of rotatable bonds is 12. The molecule has 0 bridgehead atoms. The molecule has 0 saturated carbocycles. The molecule has 16 heteroatoms. The maximum Gasteiger partial charge on any atom is 0.315 e. The minimum Gasteiger partial charge on any atom is -0.497 e. The van der Waals surface area contributed by atoms with E-state index in [1.807, 2.05) is 0 Å². The number of carbonyl (C=O) groups excluding carboxylic acids is 4. The van der Waals surface area contributed by atoms with Crippen LogP contribution in [0.4, 0.5) is 28.0 Å². The van der Waals surface area contributed by atoms with Gasteiger partial charge in [-0.25, -0.2) is 13.6 Å². The van der Waals surface area contributed by atoms with Gasteiger partial charge in [0.1, 0.15) is 30.5 Å². The number of halogens is 4. The number of carbonyl (C=O) groups is 5. The van der Waals surface area contributed by atoms with E-state index in [-0.39, 0.29) is 25.5 Å². The van der Waals surface area contributed by atoms with Crippen LogP contribution in [-0.4, -0.2) is 66.5 Å². The molecular formula is C33H30F4N4O8. The van der Waals surface area contributed by atoms with Crippen LogP contribution in [0.15, 0.2) is 48.5 Å². The number of ketones is 1. The van der Waals surface area contributed by atoms with E-state index in [0.29, 0.717) is 23.4 Å². The number of aryl methyl sites for hydroxylation is 1. The number of Topliss-reactive ketones (excluding diaryl/α,β-unsaturated/α-hetero) is 1. The van der Waals surface area contributed by atoms with Crippen molar-refractivity contribution in [2.45, 2.75) is 50.4 Å². The molecule has 12 nitrogen and oxygen atoms in total. The molecule has 3 aromatic carbocycles. The number of hydrogen-bond donors (Lipinski definition) is 4. The molecule has 49 heavy (non-hydrogen) atoms. The van der Waals surface area contributed by atoms with Crippen LogP contribution in [-0.2, 0) is 38.6 Å². The van der Waals surface area contributed by atoms with Crippen molar-refractivity contribution in [1.82, 2.24) is 16.0 Å². The van der Waals surface area contributed by atoms with Crippen LogP contribution in [0, 0.1) is 23.3 Å². The van der Waals surface area contributed by atoms with Crippen molar-refractivity contribution in [1.29, 1.82) is 0 Å². The van der Waals surface area contributed by atoms with E-state index in [9.17, 15) is 46.6 Å². The van der Waals surface area contributed by atoms with Crippen molar-refractivity contribution in [2.75, 3.05) is 18.6 Å². The monoisotopic (exact) mass is 686 g/mol. The quantitative estimate of drug-likeness (QED) is 0.167. The first-order valence-electron chi connectivity index (χ1n) is 15.0. The van der Waals surface area contributed by atoms with Crippen LogP contribution in [0.3, 0.4) is 0 Å². The van der Waals surface area contributed by atoms with Crippen LogP contribution in [0.25, 0.3) is 0 Å². The molecule has 3 atom stereocenters. The third-order valence-electron chi connectivity index (χ3n) is 8.14. The summed E-state index contributed by atoms with van der Waals surface area (Å²) >= 11 is 0. The van der Waals surface area contributed by atoms with E-state index in [1.165, 1.54) is 12.0 Å². The maximum absolute atomic E-state index is 14.0. The minimum atomic E-state index is -1.91. The molecule has 0 radical (unpaired) electrons. The van der Waals surface area contributed by atoms with Gasteiger partial charge in [0.25, 0.3) is 0 Å². The van der Waals surface area contributed by atoms with Crippen LogP contribution in [0.2, 0.25) is 0 Å². The fraction of sp³-hybridized carbons (Fsp3) is 0.303. The number of methoxy groups -OCH3 is 1. The second-order valence-electron chi connectivity index (χ2n) is 11.3. The normalized spacial score (nSPS) is 17.0. The van der Waals surface area contributed by atoms with Gasteiger partial charge in [0.15, 0.2) is 23.2 Å². The fourth-order valence-electron chi connectivity index (χ4n) is 5.72. The minimum absolute atomic E-state index is 0.0133. The Balaban J connectivity index is 1.30. The zero-order valence-corrected chi connectivity index (χ0v) is 25.9. The summed E-state index contributed by atoms with van der Waals surface area (Å²) in [5.74, 6) is -12.6. The second-order valence-corrected chi connectivity index (χ2v) is 11.3. The first-order chi connectivity index (χ1) is 23.4. The van der Waals surface area contributed by atoms with Crippen molar-refractivity contribution >= 4 is 35.3 Å². The lowest BCUT2D eigenvalue weighted by Crippen LogP contribution is -2.57. The Morgan fingerprint density at radius 3 is 2.33 bits per heavy atom. The molecule has 2 aliphatic heterocycles. The van der Waals surface area contributed by atoms with Gasteiger partial charge in [-0.3, -0.25) is 24.1 Å². The van der Waals surface area contributed by atoms with Crippen molar-refractivity contribution in [2.24, 2.45) is 0 Å². The Hall–Kier alpha value is -5.67. The largest absolute Gasteiger partial charge is 0.497 e. The highest BCUT2D eigenvalue weighted by molar-refractivity contribution is 6.08. The molecule has 0 spiro atoms. The summed E-state index contributed by atoms with van der Waals surface area (Å²) in [5.41, 5.74) is 2.57. The predicted octanol–water partition coefficient (Wildman–Crippen LogP) is 2.93. The van der Waals surface area contributed by atoms with Crippen LogP contribution < -0.4 is 30.3 Å².